The van der Waals surface area contributed by atoms with E-state index < -0.39 is 0 Å². The molecule has 0 aromatic carbocycles. The molecule has 25 heavy (non-hydrogen) atoms. The molecule has 0 radical (unpaired) electrons. The van der Waals surface area contributed by atoms with Crippen molar-refractivity contribution in [2.45, 2.75) is 71.6 Å². The topological polar surface area (TPSA) is 34.1 Å². The highest BCUT2D eigenvalue weighted by Crippen LogP contribution is 2.71. The average Bonchev–Trinajstić information content (AvgIpc) is 3.10. The summed E-state index contributed by atoms with van der Waals surface area (Å²) in [6.07, 6.45) is 16.3. The molecular weight excluding hydrogens is 308 g/mol. The second-order valence-electron chi connectivity index (χ2n) is 10.1. The Bertz CT molecular complexity index is 716. The van der Waals surface area contributed by atoms with E-state index in [0.717, 1.165) is 38.0 Å². The van der Waals surface area contributed by atoms with E-state index in [1.807, 2.05) is 6.08 Å². The zero-order chi connectivity index (χ0) is 17.4. The number of allylic oxidation sites excluding steroid dienone is 4. The molecule has 1 spiro atoms. The summed E-state index contributed by atoms with van der Waals surface area (Å²) in [5.41, 5.74) is 2.12. The van der Waals surface area contributed by atoms with Crippen molar-refractivity contribution < 1.29 is 9.59 Å². The lowest BCUT2D eigenvalue weighted by atomic mass is 9.46. The molecule has 2 heteroatoms. The van der Waals surface area contributed by atoms with Crippen LogP contribution in [0, 0.1) is 34.0 Å². The van der Waals surface area contributed by atoms with E-state index in [-0.39, 0.29) is 5.41 Å². The van der Waals surface area contributed by atoms with Crippen molar-refractivity contribution in [3.63, 3.8) is 0 Å². The second-order valence-corrected chi connectivity index (χ2v) is 10.1. The summed E-state index contributed by atoms with van der Waals surface area (Å²) in [5.74, 6) is 2.86. The summed E-state index contributed by atoms with van der Waals surface area (Å²) in [5, 5.41) is 0. The number of Topliss-reactive ketones (excluding diaryl/α,β-unsaturated/α-hetero) is 1. The standard InChI is InChI=1S/C23H30O2/c1-21-9-5-16(24)13-15(21)3-4-18-19(21)7-10-22(2)20(18)8-12-23(22)11-6-17(25)14-23/h3-4,13,18-20H,5-12,14H2,1-2H3/t18?,19?,20?,21?,22?,23-/m1/s1. The Morgan fingerprint density at radius 1 is 0.960 bits per heavy atom. The first-order chi connectivity index (χ1) is 11.9. The van der Waals surface area contributed by atoms with Crippen LogP contribution in [0.3, 0.4) is 0 Å². The van der Waals surface area contributed by atoms with Crippen LogP contribution in [0.25, 0.3) is 0 Å². The molecule has 3 saturated carbocycles. The maximum Gasteiger partial charge on any atom is 0.156 e. The predicted molar refractivity (Wildman–Crippen MR) is 97.9 cm³/mol. The molecule has 0 aromatic heterocycles. The molecule has 0 aromatic rings. The molecule has 5 aliphatic rings. The van der Waals surface area contributed by atoms with E-state index in [9.17, 15) is 9.59 Å². The van der Waals surface area contributed by atoms with Crippen LogP contribution in [0.2, 0.25) is 0 Å². The monoisotopic (exact) mass is 338 g/mol. The van der Waals surface area contributed by atoms with Gasteiger partial charge in [0, 0.05) is 19.3 Å². The summed E-state index contributed by atoms with van der Waals surface area (Å²) in [7, 11) is 0. The quantitative estimate of drug-likeness (QED) is 0.620. The third kappa shape index (κ3) is 1.92. The van der Waals surface area contributed by atoms with Crippen LogP contribution in [-0.2, 0) is 9.59 Å². The lowest BCUT2D eigenvalue weighted by molar-refractivity contribution is -0.119. The minimum Gasteiger partial charge on any atom is -0.300 e. The van der Waals surface area contributed by atoms with Gasteiger partial charge in [-0.2, -0.15) is 0 Å². The van der Waals surface area contributed by atoms with Crippen molar-refractivity contribution >= 4 is 11.6 Å². The van der Waals surface area contributed by atoms with Gasteiger partial charge < -0.3 is 0 Å². The van der Waals surface area contributed by atoms with Gasteiger partial charge >= 0.3 is 0 Å². The highest BCUT2D eigenvalue weighted by Gasteiger charge is 2.64. The summed E-state index contributed by atoms with van der Waals surface area (Å²) < 4.78 is 0. The Kier molecular flexibility index (Phi) is 3.18. The summed E-state index contributed by atoms with van der Waals surface area (Å²) >= 11 is 0. The van der Waals surface area contributed by atoms with Gasteiger partial charge in [0.15, 0.2) is 5.78 Å². The molecule has 5 aliphatic carbocycles. The number of carbonyl (C=O) groups excluding carboxylic acids is 2. The number of rotatable bonds is 0. The zero-order valence-electron chi connectivity index (χ0n) is 15.6. The van der Waals surface area contributed by atoms with Crippen LogP contribution < -0.4 is 0 Å². The third-order valence-corrected chi connectivity index (χ3v) is 9.47. The molecule has 134 valence electrons. The molecule has 0 N–H and O–H groups in total. The molecule has 3 fully saturated rings. The van der Waals surface area contributed by atoms with E-state index in [1.165, 1.54) is 31.3 Å². The zero-order valence-corrected chi connectivity index (χ0v) is 15.6. The van der Waals surface area contributed by atoms with Crippen LogP contribution in [-0.4, -0.2) is 11.6 Å². The molecule has 0 bridgehead atoms. The Labute approximate surface area is 151 Å². The fourth-order valence-corrected chi connectivity index (χ4v) is 7.86. The van der Waals surface area contributed by atoms with Gasteiger partial charge in [-0.15, -0.1) is 0 Å². The van der Waals surface area contributed by atoms with Gasteiger partial charge in [0.2, 0.25) is 0 Å². The third-order valence-electron chi connectivity index (χ3n) is 9.47. The minimum atomic E-state index is 0.190. The normalized spacial score (nSPS) is 51.3. The SMILES string of the molecule is CC12CCC(=O)C=C1C=CC1C2CCC2(C)C1CC[C@@]21CCC(=O)C1. The molecule has 0 heterocycles. The van der Waals surface area contributed by atoms with Gasteiger partial charge in [-0.25, -0.2) is 0 Å². The van der Waals surface area contributed by atoms with Crippen molar-refractivity contribution in [3.05, 3.63) is 23.8 Å². The molecule has 0 amide bonds. The van der Waals surface area contributed by atoms with Crippen LogP contribution >= 0.6 is 0 Å². The van der Waals surface area contributed by atoms with Crippen molar-refractivity contribution in [1.82, 2.24) is 0 Å². The van der Waals surface area contributed by atoms with Crippen LogP contribution in [0.1, 0.15) is 71.6 Å². The first-order valence-electron chi connectivity index (χ1n) is 10.3. The number of hydrogen-bond acceptors (Lipinski definition) is 2. The minimum absolute atomic E-state index is 0.190. The number of fused-ring (bicyclic) bond motifs is 6. The van der Waals surface area contributed by atoms with Crippen LogP contribution in [0.4, 0.5) is 0 Å². The Hall–Kier alpha value is -1.18. The van der Waals surface area contributed by atoms with E-state index in [4.69, 9.17) is 0 Å². The van der Waals surface area contributed by atoms with E-state index in [1.54, 1.807) is 0 Å². The predicted octanol–water partition coefficient (Wildman–Crippen LogP) is 5.03. The summed E-state index contributed by atoms with van der Waals surface area (Å²) in [4.78, 5) is 24.0. The van der Waals surface area contributed by atoms with Gasteiger partial charge in [0.1, 0.15) is 5.78 Å². The van der Waals surface area contributed by atoms with Crippen LogP contribution in [0.15, 0.2) is 23.8 Å². The van der Waals surface area contributed by atoms with Crippen molar-refractivity contribution in [1.29, 1.82) is 0 Å². The van der Waals surface area contributed by atoms with Gasteiger partial charge in [-0.1, -0.05) is 26.0 Å². The first kappa shape index (κ1) is 16.0. The molecule has 2 nitrogen and oxygen atoms in total. The highest BCUT2D eigenvalue weighted by molar-refractivity contribution is 5.92. The number of hydrogen-bond donors (Lipinski definition) is 0. The smallest absolute Gasteiger partial charge is 0.156 e. The molecular formula is C23H30O2. The molecule has 6 atom stereocenters. The second kappa shape index (κ2) is 4.96. The fraction of sp³-hybridized carbons (Fsp3) is 0.739. The Balaban J connectivity index is 1.53. The van der Waals surface area contributed by atoms with E-state index >= 15 is 0 Å². The van der Waals surface area contributed by atoms with E-state index in [2.05, 4.69) is 26.0 Å². The average molecular weight is 338 g/mol. The fourth-order valence-electron chi connectivity index (χ4n) is 7.86. The number of ketones is 2. The summed E-state index contributed by atoms with van der Waals surface area (Å²) in [6, 6.07) is 0. The Morgan fingerprint density at radius 2 is 1.76 bits per heavy atom. The van der Waals surface area contributed by atoms with Gasteiger partial charge in [-0.3, -0.25) is 9.59 Å². The lowest BCUT2D eigenvalue weighted by Gasteiger charge is -2.58. The maximum atomic E-state index is 12.1. The van der Waals surface area contributed by atoms with E-state index in [0.29, 0.717) is 34.2 Å². The van der Waals surface area contributed by atoms with Crippen molar-refractivity contribution in [3.8, 4) is 0 Å². The lowest BCUT2D eigenvalue weighted by Crippen LogP contribution is -2.51. The van der Waals surface area contributed by atoms with Gasteiger partial charge in [0.05, 0.1) is 0 Å². The van der Waals surface area contributed by atoms with Crippen molar-refractivity contribution in [2.24, 2.45) is 34.0 Å². The Morgan fingerprint density at radius 3 is 2.52 bits per heavy atom. The van der Waals surface area contributed by atoms with Gasteiger partial charge in [-0.05, 0) is 84.2 Å². The molecule has 0 aliphatic heterocycles. The summed E-state index contributed by atoms with van der Waals surface area (Å²) in [6.45, 7) is 4.93. The van der Waals surface area contributed by atoms with Crippen molar-refractivity contribution in [2.75, 3.05) is 0 Å². The molecule has 5 unspecified atom stereocenters. The molecule has 0 saturated heterocycles. The molecule has 5 rings (SSSR count). The largest absolute Gasteiger partial charge is 0.300 e. The highest BCUT2D eigenvalue weighted by atomic mass is 16.1. The van der Waals surface area contributed by atoms with Crippen LogP contribution in [0.5, 0.6) is 0 Å². The van der Waals surface area contributed by atoms with Gasteiger partial charge in [0.25, 0.3) is 0 Å². The number of carbonyl (C=O) groups is 2. The maximum absolute atomic E-state index is 12.1. The first-order valence-corrected chi connectivity index (χ1v) is 10.3.